The Kier molecular flexibility index (Phi) is 36.5. The minimum atomic E-state index is -1.96. The maximum absolute atomic E-state index is 15.3. The number of unbranched alkanes of at least 4 members (excludes halogenated alkanes) is 2. The second-order valence-electron chi connectivity index (χ2n) is 26.3. The summed E-state index contributed by atoms with van der Waals surface area (Å²) in [5, 5.41) is 73.6. The summed E-state index contributed by atoms with van der Waals surface area (Å²) in [5.74, 6) is -16.4. The number of amides is 13. The molecular formula is C73H99N17O18S2. The molecule has 35 nitrogen and oxygen atoms in total. The Morgan fingerprint density at radius 2 is 0.827 bits per heavy atom. The fourth-order valence-corrected chi connectivity index (χ4v) is 13.9. The molecule has 0 saturated carbocycles. The molecule has 4 aromatic carbocycles. The highest BCUT2D eigenvalue weighted by atomic mass is 33.1. The smallest absolute Gasteiger partial charge is 0.327 e. The minimum absolute atomic E-state index is 0.135. The number of aromatic nitrogens is 1. The number of aromatic amines is 1. The molecule has 110 heavy (non-hydrogen) atoms. The van der Waals surface area contributed by atoms with Gasteiger partial charge in [0.15, 0.2) is 0 Å². The van der Waals surface area contributed by atoms with E-state index in [1.807, 2.05) is 0 Å². The monoisotopic (exact) mass is 1570 g/mol. The summed E-state index contributed by atoms with van der Waals surface area (Å²) in [6, 6.07) is 11.2. The number of aliphatic hydroxyl groups is 3. The summed E-state index contributed by atoms with van der Waals surface area (Å²) in [6.45, 7) is 0.714. The van der Waals surface area contributed by atoms with Gasteiger partial charge in [0.05, 0.1) is 31.8 Å². The number of H-pyrrole nitrogens is 1. The zero-order valence-electron chi connectivity index (χ0n) is 60.8. The molecule has 0 bridgehead atoms. The fourth-order valence-electron chi connectivity index (χ4n) is 11.6. The van der Waals surface area contributed by atoms with E-state index in [4.69, 9.17) is 22.9 Å². The van der Waals surface area contributed by atoms with Gasteiger partial charge in [0.25, 0.3) is 0 Å². The largest absolute Gasteiger partial charge is 0.480 e. The number of hydrogen-bond acceptors (Lipinski definition) is 22. The molecule has 0 spiro atoms. The topological polar surface area (TPSA) is 584 Å². The van der Waals surface area contributed by atoms with Gasteiger partial charge in [-0.05, 0) is 93.8 Å². The lowest BCUT2D eigenvalue weighted by molar-refractivity contribution is -0.142. The predicted octanol–water partition coefficient (Wildman–Crippen LogP) is -4.42. The van der Waals surface area contributed by atoms with Gasteiger partial charge in [-0.3, -0.25) is 62.3 Å². The number of carbonyl (C=O) groups is 14. The van der Waals surface area contributed by atoms with Crippen molar-refractivity contribution < 1.29 is 87.5 Å². The summed E-state index contributed by atoms with van der Waals surface area (Å²) in [4.78, 5) is 203. The first kappa shape index (κ1) is 88.4. The van der Waals surface area contributed by atoms with E-state index in [2.05, 4.69) is 68.8 Å². The number of primary amides is 1. The molecule has 1 aliphatic heterocycles. The van der Waals surface area contributed by atoms with E-state index >= 15 is 14.4 Å². The van der Waals surface area contributed by atoms with Crippen LogP contribution in [0.3, 0.4) is 0 Å². The van der Waals surface area contributed by atoms with E-state index in [0.29, 0.717) is 46.0 Å². The van der Waals surface area contributed by atoms with Crippen molar-refractivity contribution in [1.29, 1.82) is 0 Å². The van der Waals surface area contributed by atoms with Gasteiger partial charge in [-0.2, -0.15) is 0 Å². The van der Waals surface area contributed by atoms with Gasteiger partial charge in [0.2, 0.25) is 76.8 Å². The maximum Gasteiger partial charge on any atom is 0.327 e. The number of benzene rings is 4. The lowest BCUT2D eigenvalue weighted by Gasteiger charge is -2.29. The van der Waals surface area contributed by atoms with Crippen LogP contribution in [-0.4, -0.2) is 231 Å². The normalized spacial score (nSPS) is 24.1. The third kappa shape index (κ3) is 28.5. The molecule has 25 N–H and O–H groups in total. The van der Waals surface area contributed by atoms with Crippen molar-refractivity contribution in [3.63, 3.8) is 0 Å². The number of nitrogens with two attached hydrogens (primary N) is 4. The van der Waals surface area contributed by atoms with Crippen molar-refractivity contribution in [3.05, 3.63) is 144 Å². The molecule has 6 rings (SSSR count). The number of rotatable bonds is 24. The number of aliphatic hydroxyl groups excluding tert-OH is 3. The van der Waals surface area contributed by atoms with Crippen LogP contribution in [0.2, 0.25) is 0 Å². The van der Waals surface area contributed by atoms with E-state index in [0.717, 1.165) is 35.4 Å². The Hall–Kier alpha value is -10.5. The molecule has 1 aromatic heterocycles. The summed E-state index contributed by atoms with van der Waals surface area (Å²) >= 11 is 0. The molecule has 14 atom stereocenters. The Morgan fingerprint density at radius 3 is 1.27 bits per heavy atom. The van der Waals surface area contributed by atoms with Gasteiger partial charge in [0, 0.05) is 54.3 Å². The van der Waals surface area contributed by atoms with Crippen molar-refractivity contribution in [1.82, 2.24) is 68.8 Å². The number of carboxylic acid groups (broad SMARTS) is 1. The molecule has 37 heteroatoms. The lowest BCUT2D eigenvalue weighted by Crippen LogP contribution is -2.63. The zero-order valence-corrected chi connectivity index (χ0v) is 62.4. The van der Waals surface area contributed by atoms with Crippen LogP contribution in [0.25, 0.3) is 10.9 Å². The fraction of sp³-hybridized carbons (Fsp3) is 0.452. The number of aliphatic carboxylic acids is 1. The highest BCUT2D eigenvalue weighted by Crippen LogP contribution is 2.24. The molecule has 2 heterocycles. The standard InChI is InChI=1S/C73H99N17O18S2/c1-40(92)60-71(105)86-52(32-44-22-10-5-11-23-44)68(102)90-61(41(2)93)72(106)87-55(37-91)69(103)88-57(73(107)108)39-110-109-38-56(79-59(95)35-76)70(104)81-48(26-14-16-28-74)62(96)85-54(34-58(77)94)67(101)83-50(30-42-18-6-3-7-19-42)64(98)82-51(31-43-20-8-4-9-21-43)65(99)84-53(33-45-36-78-47-25-13-12-24-46(45)47)66(100)80-49(63(97)89-60)27-15-17-29-75/h3-13,18-25,36,40-41,48-57,60-61,78,91-93H,14-17,26-35,37-39,74-76H2,1-2H3,(H2,77,94)(H,79,95)(H,80,100)(H,81,104)(H,82,98)(H,83,101)(H,84,99)(H,85,96)(H,86,105)(H,87,106)(H,88,103)(H,89,97)(H,90,102)(H,107,108)/t40-,41-,48+,49+,50+,51+,52+,53+,54+,55+,56+,57+,60+,61+/m1/s1. The van der Waals surface area contributed by atoms with Gasteiger partial charge in [-0.25, -0.2) is 4.79 Å². The van der Waals surface area contributed by atoms with Crippen LogP contribution in [0.4, 0.5) is 0 Å². The number of carboxylic acids is 1. The molecule has 0 aliphatic carbocycles. The summed E-state index contributed by atoms with van der Waals surface area (Å²) in [7, 11) is 1.58. The highest BCUT2D eigenvalue weighted by Gasteiger charge is 2.40. The molecule has 0 radical (unpaired) electrons. The van der Waals surface area contributed by atoms with E-state index in [1.165, 1.54) is 0 Å². The number of nitrogens with one attached hydrogen (secondary N) is 13. The Balaban J connectivity index is 1.46. The molecule has 13 amide bonds. The molecule has 596 valence electrons. The molecule has 1 fully saturated rings. The predicted molar refractivity (Wildman–Crippen MR) is 407 cm³/mol. The van der Waals surface area contributed by atoms with Gasteiger partial charge in [-0.15, -0.1) is 0 Å². The molecule has 0 unspecified atom stereocenters. The highest BCUT2D eigenvalue weighted by molar-refractivity contribution is 8.76. The molecule has 1 aliphatic rings. The molecular weight excluding hydrogens is 1470 g/mol. The van der Waals surface area contributed by atoms with Crippen LogP contribution in [0.15, 0.2) is 121 Å². The zero-order chi connectivity index (χ0) is 80.4. The van der Waals surface area contributed by atoms with Crippen molar-refractivity contribution >= 4 is 115 Å². The van der Waals surface area contributed by atoms with Gasteiger partial charge >= 0.3 is 5.97 Å². The first-order valence-corrected chi connectivity index (χ1v) is 38.2. The first-order chi connectivity index (χ1) is 52.6. The second-order valence-corrected chi connectivity index (χ2v) is 28.8. The average Bonchev–Trinajstić information content (AvgIpc) is 1.58. The summed E-state index contributed by atoms with van der Waals surface area (Å²) in [5.41, 5.74) is 25.6. The summed E-state index contributed by atoms with van der Waals surface area (Å²) in [6.07, 6.45) is -3.19. The van der Waals surface area contributed by atoms with Gasteiger partial charge in [0.1, 0.15) is 72.5 Å². The van der Waals surface area contributed by atoms with E-state index in [-0.39, 0.29) is 70.2 Å². The van der Waals surface area contributed by atoms with Crippen LogP contribution >= 0.6 is 21.6 Å². The number of para-hydroxylation sites is 1. The Bertz CT molecular complexity index is 3940. The minimum Gasteiger partial charge on any atom is -0.480 e. The number of hydrogen-bond donors (Lipinski definition) is 21. The number of fused-ring (bicyclic) bond motifs is 1. The van der Waals surface area contributed by atoms with Crippen LogP contribution in [0.1, 0.15) is 81.0 Å². The SMILES string of the molecule is C[C@@H](O)[C@@H]1NC(=O)[C@H](Cc2ccccc2)NC(=O)[C@H]([C@@H](C)O)NC(=O)[C@H](CCCCN)NC(=O)[C@H](Cc2c[nH]c3ccccc23)NC(=O)[C@H](Cc2ccccc2)NC(=O)[C@H](Cc2ccccc2)NC(=O)[C@H](CC(N)=O)NC(=O)[C@H](CCCCN)NC(=O)[C@@H](NC(=O)CN)CSSC[C@@H](C(=O)O)NC(=O)[C@H](CO)NC1=O. The van der Waals surface area contributed by atoms with Crippen molar-refractivity contribution in [2.24, 2.45) is 22.9 Å². The van der Waals surface area contributed by atoms with Crippen molar-refractivity contribution in [2.75, 3.05) is 37.7 Å². The van der Waals surface area contributed by atoms with Crippen LogP contribution in [0, 0.1) is 0 Å². The Morgan fingerprint density at radius 1 is 0.455 bits per heavy atom. The summed E-state index contributed by atoms with van der Waals surface area (Å²) < 4.78 is 0. The Labute approximate surface area is 642 Å². The molecule has 5 aromatic rings. The van der Waals surface area contributed by atoms with Gasteiger partial charge < -0.3 is 112 Å². The first-order valence-electron chi connectivity index (χ1n) is 35.8. The van der Waals surface area contributed by atoms with E-state index in [1.54, 1.807) is 121 Å². The number of carbonyl (C=O) groups excluding carboxylic acids is 13. The van der Waals surface area contributed by atoms with Crippen LogP contribution in [0.5, 0.6) is 0 Å². The third-order valence-corrected chi connectivity index (χ3v) is 20.0. The molecule has 1 saturated heterocycles. The second kappa shape index (κ2) is 45.4. The van der Waals surface area contributed by atoms with Crippen LogP contribution < -0.4 is 86.7 Å². The quantitative estimate of drug-likeness (QED) is 0.0205. The van der Waals surface area contributed by atoms with Crippen molar-refractivity contribution in [3.8, 4) is 0 Å². The van der Waals surface area contributed by atoms with E-state index < -0.39 is 193 Å². The van der Waals surface area contributed by atoms with Crippen molar-refractivity contribution in [2.45, 2.75) is 169 Å². The van der Waals surface area contributed by atoms with Crippen LogP contribution in [-0.2, 0) is 92.8 Å². The van der Waals surface area contributed by atoms with E-state index in [9.17, 15) is 73.2 Å². The lowest BCUT2D eigenvalue weighted by atomic mass is 10.00. The average molecular weight is 1570 g/mol. The third-order valence-electron chi connectivity index (χ3n) is 17.6. The maximum atomic E-state index is 15.3. The van der Waals surface area contributed by atoms with Gasteiger partial charge in [-0.1, -0.05) is 131 Å².